The van der Waals surface area contributed by atoms with Gasteiger partial charge in [0.1, 0.15) is 5.75 Å². The molecule has 0 aliphatic heterocycles. The topological polar surface area (TPSA) is 38.3 Å². The number of carbonyl (C=O) groups excluding carboxylic acids is 1. The van der Waals surface area contributed by atoms with Crippen LogP contribution in [-0.4, -0.2) is 24.8 Å². The number of ether oxygens (including phenoxy) is 1. The van der Waals surface area contributed by atoms with Crippen LogP contribution in [0.3, 0.4) is 0 Å². The number of nitrogens with one attached hydrogen (secondary N) is 1. The maximum absolute atomic E-state index is 11.9. The van der Waals surface area contributed by atoms with Gasteiger partial charge in [-0.3, -0.25) is 4.79 Å². The predicted molar refractivity (Wildman–Crippen MR) is 109 cm³/mol. The van der Waals surface area contributed by atoms with Gasteiger partial charge < -0.3 is 10.1 Å². The van der Waals surface area contributed by atoms with Crippen LogP contribution in [0.2, 0.25) is 0 Å². The third-order valence-electron chi connectivity index (χ3n) is 3.61. The van der Waals surface area contributed by atoms with Crippen LogP contribution < -0.4 is 10.1 Å². The SMILES string of the molecule is CCOc1ccc(CCCNC(=O)CSCc2ccc(Br)cc2)cc1. The fraction of sp³-hybridized carbons (Fsp3) is 0.350. The molecule has 0 saturated heterocycles. The Balaban J connectivity index is 1.56. The fourth-order valence-electron chi connectivity index (χ4n) is 2.33. The first-order valence-corrected chi connectivity index (χ1v) is 10.4. The highest BCUT2D eigenvalue weighted by Gasteiger charge is 2.02. The molecule has 25 heavy (non-hydrogen) atoms. The summed E-state index contributed by atoms with van der Waals surface area (Å²) in [7, 11) is 0. The van der Waals surface area contributed by atoms with Crippen molar-refractivity contribution in [2.24, 2.45) is 0 Å². The van der Waals surface area contributed by atoms with Gasteiger partial charge in [0.05, 0.1) is 12.4 Å². The van der Waals surface area contributed by atoms with Crippen molar-refractivity contribution in [1.82, 2.24) is 5.32 Å². The van der Waals surface area contributed by atoms with Crippen LogP contribution in [0.5, 0.6) is 5.75 Å². The zero-order valence-corrected chi connectivity index (χ0v) is 16.9. The van der Waals surface area contributed by atoms with Crippen LogP contribution in [0.15, 0.2) is 53.0 Å². The van der Waals surface area contributed by atoms with Gasteiger partial charge in [0.25, 0.3) is 0 Å². The van der Waals surface area contributed by atoms with Crippen LogP contribution in [0.25, 0.3) is 0 Å². The first-order chi connectivity index (χ1) is 12.2. The van der Waals surface area contributed by atoms with Gasteiger partial charge in [0, 0.05) is 16.8 Å². The van der Waals surface area contributed by atoms with E-state index in [0.717, 1.165) is 28.8 Å². The average Bonchev–Trinajstić information content (AvgIpc) is 2.62. The predicted octanol–water partition coefficient (Wildman–Crippen LogP) is 4.83. The summed E-state index contributed by atoms with van der Waals surface area (Å²) in [5, 5.41) is 2.99. The summed E-state index contributed by atoms with van der Waals surface area (Å²) in [6.45, 7) is 3.38. The lowest BCUT2D eigenvalue weighted by Crippen LogP contribution is -2.26. The van der Waals surface area contributed by atoms with E-state index in [1.165, 1.54) is 11.1 Å². The van der Waals surface area contributed by atoms with Gasteiger partial charge in [0.2, 0.25) is 5.91 Å². The molecule has 0 radical (unpaired) electrons. The lowest BCUT2D eigenvalue weighted by Gasteiger charge is -2.07. The van der Waals surface area contributed by atoms with E-state index in [4.69, 9.17) is 4.74 Å². The summed E-state index contributed by atoms with van der Waals surface area (Å²) in [6, 6.07) is 16.4. The first-order valence-electron chi connectivity index (χ1n) is 8.48. The molecule has 2 aromatic carbocycles. The van der Waals surface area contributed by atoms with Crippen LogP contribution in [0.4, 0.5) is 0 Å². The van der Waals surface area contributed by atoms with Crippen LogP contribution >= 0.6 is 27.7 Å². The minimum atomic E-state index is 0.105. The minimum Gasteiger partial charge on any atom is -0.494 e. The van der Waals surface area contributed by atoms with Crippen molar-refractivity contribution < 1.29 is 9.53 Å². The van der Waals surface area contributed by atoms with Crippen LogP contribution in [0.1, 0.15) is 24.5 Å². The van der Waals surface area contributed by atoms with Gasteiger partial charge in [-0.2, -0.15) is 0 Å². The molecule has 0 aliphatic carbocycles. The van der Waals surface area contributed by atoms with Crippen molar-refractivity contribution in [3.05, 3.63) is 64.1 Å². The molecule has 5 heteroatoms. The molecule has 0 aliphatic rings. The number of hydrogen-bond donors (Lipinski definition) is 1. The number of carbonyl (C=O) groups is 1. The molecule has 0 saturated carbocycles. The molecule has 0 unspecified atom stereocenters. The Morgan fingerprint density at radius 3 is 2.44 bits per heavy atom. The normalized spacial score (nSPS) is 10.5. The van der Waals surface area contributed by atoms with Crippen LogP contribution in [-0.2, 0) is 17.0 Å². The maximum atomic E-state index is 11.9. The molecule has 0 heterocycles. The molecule has 0 fully saturated rings. The van der Waals surface area contributed by atoms with Gasteiger partial charge in [-0.25, -0.2) is 0 Å². The van der Waals surface area contributed by atoms with E-state index < -0.39 is 0 Å². The lowest BCUT2D eigenvalue weighted by atomic mass is 10.1. The zero-order chi connectivity index (χ0) is 17.9. The number of thioether (sulfide) groups is 1. The number of halogens is 1. The van der Waals surface area contributed by atoms with Gasteiger partial charge in [-0.1, -0.05) is 40.2 Å². The molecule has 3 nitrogen and oxygen atoms in total. The van der Waals surface area contributed by atoms with E-state index in [1.54, 1.807) is 11.8 Å². The molecule has 1 N–H and O–H groups in total. The number of hydrogen-bond acceptors (Lipinski definition) is 3. The molecule has 1 amide bonds. The molecule has 0 aromatic heterocycles. The number of rotatable bonds is 10. The summed E-state index contributed by atoms with van der Waals surface area (Å²) >= 11 is 5.06. The number of aryl methyl sites for hydroxylation is 1. The van der Waals surface area contributed by atoms with Crippen molar-refractivity contribution in [3.8, 4) is 5.75 Å². The molecule has 0 bridgehead atoms. The standard InChI is InChI=1S/C20H24BrNO2S/c1-2-24-19-11-7-16(8-12-19)4-3-13-22-20(23)15-25-14-17-5-9-18(21)10-6-17/h5-12H,2-4,13-15H2,1H3,(H,22,23). The monoisotopic (exact) mass is 421 g/mol. The summed E-state index contributed by atoms with van der Waals surface area (Å²) in [4.78, 5) is 11.9. The average molecular weight is 422 g/mol. The Bertz CT molecular complexity index is 644. The molecular weight excluding hydrogens is 398 g/mol. The fourth-order valence-corrected chi connectivity index (χ4v) is 3.41. The van der Waals surface area contributed by atoms with E-state index >= 15 is 0 Å². The lowest BCUT2D eigenvalue weighted by molar-refractivity contribution is -0.118. The van der Waals surface area contributed by atoms with Gasteiger partial charge in [0.15, 0.2) is 0 Å². The number of benzene rings is 2. The Kier molecular flexibility index (Phi) is 8.91. The van der Waals surface area contributed by atoms with Crippen molar-refractivity contribution in [2.75, 3.05) is 18.9 Å². The van der Waals surface area contributed by atoms with Crippen molar-refractivity contribution in [1.29, 1.82) is 0 Å². The Labute approximate surface area is 162 Å². The van der Waals surface area contributed by atoms with E-state index in [1.807, 2.05) is 31.2 Å². The minimum absolute atomic E-state index is 0.105. The molecule has 2 aromatic rings. The smallest absolute Gasteiger partial charge is 0.230 e. The van der Waals surface area contributed by atoms with Crippen molar-refractivity contribution >= 4 is 33.6 Å². The third-order valence-corrected chi connectivity index (χ3v) is 5.15. The van der Waals surface area contributed by atoms with Crippen molar-refractivity contribution in [2.45, 2.75) is 25.5 Å². The molecular formula is C20H24BrNO2S. The highest BCUT2D eigenvalue weighted by atomic mass is 79.9. The molecule has 0 spiro atoms. The second-order valence-corrected chi connectivity index (χ2v) is 7.55. The highest BCUT2D eigenvalue weighted by molar-refractivity contribution is 9.10. The maximum Gasteiger partial charge on any atom is 0.230 e. The van der Waals surface area contributed by atoms with Gasteiger partial charge in [-0.05, 0) is 55.2 Å². The Hall–Kier alpha value is -1.46. The highest BCUT2D eigenvalue weighted by Crippen LogP contribution is 2.16. The molecule has 0 atom stereocenters. The second-order valence-electron chi connectivity index (χ2n) is 5.65. The second kappa shape index (κ2) is 11.2. The Morgan fingerprint density at radius 2 is 1.76 bits per heavy atom. The summed E-state index contributed by atoms with van der Waals surface area (Å²) in [5.41, 5.74) is 2.50. The van der Waals surface area contributed by atoms with Gasteiger partial charge >= 0.3 is 0 Å². The summed E-state index contributed by atoms with van der Waals surface area (Å²) < 4.78 is 6.51. The van der Waals surface area contributed by atoms with Crippen LogP contribution in [0, 0.1) is 0 Å². The van der Waals surface area contributed by atoms with E-state index in [2.05, 4.69) is 45.5 Å². The zero-order valence-electron chi connectivity index (χ0n) is 14.5. The quantitative estimate of drug-likeness (QED) is 0.558. The summed E-state index contributed by atoms with van der Waals surface area (Å²) in [5.74, 6) is 2.36. The molecule has 2 rings (SSSR count). The van der Waals surface area contributed by atoms with Crippen molar-refractivity contribution in [3.63, 3.8) is 0 Å². The number of amides is 1. The van der Waals surface area contributed by atoms with E-state index in [-0.39, 0.29) is 5.91 Å². The summed E-state index contributed by atoms with van der Waals surface area (Å²) in [6.07, 6.45) is 1.90. The molecule has 134 valence electrons. The third kappa shape index (κ3) is 7.97. The largest absolute Gasteiger partial charge is 0.494 e. The first kappa shape index (κ1) is 19.9. The van der Waals surface area contributed by atoms with E-state index in [9.17, 15) is 4.79 Å². The van der Waals surface area contributed by atoms with E-state index in [0.29, 0.717) is 18.9 Å². The van der Waals surface area contributed by atoms with Gasteiger partial charge in [-0.15, -0.1) is 11.8 Å². The Morgan fingerprint density at radius 1 is 1.08 bits per heavy atom.